The molecule has 0 amide bonds. The summed E-state index contributed by atoms with van der Waals surface area (Å²) in [5.41, 5.74) is 3.65. The van der Waals surface area contributed by atoms with Crippen molar-refractivity contribution in [3.05, 3.63) is 29.3 Å². The standard InChI is InChI=1S/C19H31N3S/c1-14-10-15(2)13-22(12-14)9-5-8-20-19(23)21-18-7-6-16(3)17(4)11-18/h6-7,11,14-15H,5,8-10,12-13H2,1-4H3,(H2,20,21,23). The first-order chi connectivity index (χ1) is 10.9. The number of likely N-dealkylation sites (tertiary alicyclic amines) is 1. The van der Waals surface area contributed by atoms with E-state index in [2.05, 4.69) is 61.4 Å². The summed E-state index contributed by atoms with van der Waals surface area (Å²) in [5.74, 6) is 1.67. The lowest BCUT2D eigenvalue weighted by Gasteiger charge is -2.35. The molecule has 0 aliphatic carbocycles. The summed E-state index contributed by atoms with van der Waals surface area (Å²) in [4.78, 5) is 2.60. The minimum atomic E-state index is 0.716. The fourth-order valence-corrected chi connectivity index (χ4v) is 3.69. The number of nitrogens with one attached hydrogen (secondary N) is 2. The second-order valence-electron chi connectivity index (χ2n) is 7.24. The van der Waals surface area contributed by atoms with Crippen LogP contribution in [-0.4, -0.2) is 36.2 Å². The van der Waals surface area contributed by atoms with Crippen molar-refractivity contribution in [2.75, 3.05) is 31.5 Å². The molecule has 0 radical (unpaired) electrons. The number of thiocarbonyl (C=S) groups is 1. The van der Waals surface area contributed by atoms with Gasteiger partial charge in [-0.25, -0.2) is 0 Å². The molecule has 1 saturated heterocycles. The highest BCUT2D eigenvalue weighted by Gasteiger charge is 2.20. The van der Waals surface area contributed by atoms with Crippen molar-refractivity contribution in [3.63, 3.8) is 0 Å². The first-order valence-corrected chi connectivity index (χ1v) is 9.19. The average Bonchev–Trinajstić information content (AvgIpc) is 2.46. The van der Waals surface area contributed by atoms with E-state index in [1.807, 2.05) is 0 Å². The molecule has 23 heavy (non-hydrogen) atoms. The number of benzene rings is 1. The number of aryl methyl sites for hydroxylation is 2. The average molecular weight is 334 g/mol. The predicted molar refractivity (Wildman–Crippen MR) is 104 cm³/mol. The van der Waals surface area contributed by atoms with Gasteiger partial charge in [-0.15, -0.1) is 0 Å². The van der Waals surface area contributed by atoms with Gasteiger partial charge in [0.2, 0.25) is 0 Å². The highest BCUT2D eigenvalue weighted by molar-refractivity contribution is 7.80. The zero-order chi connectivity index (χ0) is 16.8. The predicted octanol–water partition coefficient (Wildman–Crippen LogP) is 3.96. The maximum atomic E-state index is 5.38. The molecular weight excluding hydrogens is 302 g/mol. The summed E-state index contributed by atoms with van der Waals surface area (Å²) in [6.07, 6.45) is 2.51. The van der Waals surface area contributed by atoms with Crippen LogP contribution >= 0.6 is 12.2 Å². The van der Waals surface area contributed by atoms with Gasteiger partial charge < -0.3 is 15.5 Å². The number of hydrogen-bond acceptors (Lipinski definition) is 2. The maximum absolute atomic E-state index is 5.38. The lowest BCUT2D eigenvalue weighted by Crippen LogP contribution is -2.40. The first kappa shape index (κ1) is 18.2. The van der Waals surface area contributed by atoms with Gasteiger partial charge in [-0.1, -0.05) is 19.9 Å². The molecule has 2 unspecified atom stereocenters. The minimum Gasteiger partial charge on any atom is -0.362 e. The molecule has 3 nitrogen and oxygen atoms in total. The largest absolute Gasteiger partial charge is 0.362 e. The van der Waals surface area contributed by atoms with Crippen molar-refractivity contribution < 1.29 is 0 Å². The Morgan fingerprint density at radius 2 is 1.87 bits per heavy atom. The first-order valence-electron chi connectivity index (χ1n) is 8.78. The third-order valence-corrected chi connectivity index (χ3v) is 4.89. The fraction of sp³-hybridized carbons (Fsp3) is 0.632. The molecule has 0 bridgehead atoms. The van der Waals surface area contributed by atoms with Crippen molar-refractivity contribution in [1.29, 1.82) is 0 Å². The highest BCUT2D eigenvalue weighted by Crippen LogP contribution is 2.20. The fourth-order valence-electron chi connectivity index (χ4n) is 3.47. The van der Waals surface area contributed by atoms with E-state index in [0.29, 0.717) is 5.11 Å². The van der Waals surface area contributed by atoms with Gasteiger partial charge >= 0.3 is 0 Å². The van der Waals surface area contributed by atoms with Crippen LogP contribution in [0.5, 0.6) is 0 Å². The zero-order valence-electron chi connectivity index (χ0n) is 15.0. The highest BCUT2D eigenvalue weighted by atomic mass is 32.1. The van der Waals surface area contributed by atoms with Gasteiger partial charge in [0.25, 0.3) is 0 Å². The van der Waals surface area contributed by atoms with E-state index in [9.17, 15) is 0 Å². The van der Waals surface area contributed by atoms with E-state index < -0.39 is 0 Å². The molecule has 4 heteroatoms. The van der Waals surface area contributed by atoms with Crippen LogP contribution < -0.4 is 10.6 Å². The van der Waals surface area contributed by atoms with E-state index in [1.165, 1.54) is 30.6 Å². The Kier molecular flexibility index (Phi) is 6.85. The van der Waals surface area contributed by atoms with Crippen LogP contribution in [0.15, 0.2) is 18.2 Å². The van der Waals surface area contributed by atoms with Crippen LogP contribution in [0, 0.1) is 25.7 Å². The van der Waals surface area contributed by atoms with Crippen LogP contribution in [0.25, 0.3) is 0 Å². The molecule has 0 aromatic heterocycles. The van der Waals surface area contributed by atoms with Crippen LogP contribution in [0.4, 0.5) is 5.69 Å². The van der Waals surface area contributed by atoms with Crippen molar-refractivity contribution in [2.45, 2.75) is 40.5 Å². The molecule has 1 heterocycles. The Labute approximate surface area is 146 Å². The molecule has 128 valence electrons. The van der Waals surface area contributed by atoms with E-state index in [-0.39, 0.29) is 0 Å². The van der Waals surface area contributed by atoms with Crippen LogP contribution in [0.3, 0.4) is 0 Å². The molecule has 2 atom stereocenters. The Bertz CT molecular complexity index is 519. The van der Waals surface area contributed by atoms with Crippen LogP contribution in [-0.2, 0) is 0 Å². The molecule has 2 rings (SSSR count). The SMILES string of the molecule is Cc1ccc(NC(=S)NCCCN2CC(C)CC(C)C2)cc1C. The maximum Gasteiger partial charge on any atom is 0.170 e. The molecule has 0 spiro atoms. The monoisotopic (exact) mass is 333 g/mol. The summed E-state index contributed by atoms with van der Waals surface area (Å²) >= 11 is 5.38. The lowest BCUT2D eigenvalue weighted by molar-refractivity contribution is 0.140. The lowest BCUT2D eigenvalue weighted by atomic mass is 9.92. The van der Waals surface area contributed by atoms with Crippen LogP contribution in [0.1, 0.15) is 37.8 Å². The van der Waals surface area contributed by atoms with Gasteiger partial charge in [-0.05, 0) is 80.5 Å². The Hall–Kier alpha value is -1.13. The van der Waals surface area contributed by atoms with E-state index in [1.54, 1.807) is 0 Å². The number of rotatable bonds is 5. The Morgan fingerprint density at radius 1 is 1.17 bits per heavy atom. The molecule has 1 aromatic carbocycles. The van der Waals surface area contributed by atoms with Gasteiger partial charge in [0.1, 0.15) is 0 Å². The molecule has 0 saturated carbocycles. The second kappa shape index (κ2) is 8.65. The summed E-state index contributed by atoms with van der Waals surface area (Å²) in [6, 6.07) is 6.34. The third kappa shape index (κ3) is 6.11. The zero-order valence-corrected chi connectivity index (χ0v) is 15.8. The van der Waals surface area contributed by atoms with Crippen LogP contribution in [0.2, 0.25) is 0 Å². The summed E-state index contributed by atoms with van der Waals surface area (Å²) in [5, 5.41) is 7.31. The Morgan fingerprint density at radius 3 is 2.52 bits per heavy atom. The minimum absolute atomic E-state index is 0.716. The topological polar surface area (TPSA) is 27.3 Å². The molecule has 1 aliphatic heterocycles. The second-order valence-corrected chi connectivity index (χ2v) is 7.65. The Balaban J connectivity index is 1.65. The van der Waals surface area contributed by atoms with E-state index >= 15 is 0 Å². The number of anilines is 1. The number of hydrogen-bond donors (Lipinski definition) is 2. The van der Waals surface area contributed by atoms with E-state index in [4.69, 9.17) is 12.2 Å². The van der Waals surface area contributed by atoms with Gasteiger partial charge in [0.05, 0.1) is 0 Å². The summed E-state index contributed by atoms with van der Waals surface area (Å²) in [6.45, 7) is 13.6. The molecule has 1 aromatic rings. The van der Waals surface area contributed by atoms with E-state index in [0.717, 1.165) is 37.0 Å². The van der Waals surface area contributed by atoms with Crippen molar-refractivity contribution in [2.24, 2.45) is 11.8 Å². The number of piperidine rings is 1. The van der Waals surface area contributed by atoms with Crippen molar-refractivity contribution >= 4 is 23.0 Å². The molecule has 2 N–H and O–H groups in total. The quantitative estimate of drug-likeness (QED) is 0.630. The van der Waals surface area contributed by atoms with Gasteiger partial charge in [0.15, 0.2) is 5.11 Å². The summed E-state index contributed by atoms with van der Waals surface area (Å²) < 4.78 is 0. The third-order valence-electron chi connectivity index (χ3n) is 4.65. The summed E-state index contributed by atoms with van der Waals surface area (Å²) in [7, 11) is 0. The normalized spacial score (nSPS) is 21.9. The van der Waals surface area contributed by atoms with Gasteiger partial charge in [-0.2, -0.15) is 0 Å². The smallest absolute Gasteiger partial charge is 0.170 e. The van der Waals surface area contributed by atoms with Crippen molar-refractivity contribution in [3.8, 4) is 0 Å². The van der Waals surface area contributed by atoms with Crippen molar-refractivity contribution in [1.82, 2.24) is 10.2 Å². The molecule has 1 fully saturated rings. The van der Waals surface area contributed by atoms with Gasteiger partial charge in [0, 0.05) is 25.3 Å². The number of nitrogens with zero attached hydrogens (tertiary/aromatic N) is 1. The molecule has 1 aliphatic rings. The molecular formula is C19H31N3S. The van der Waals surface area contributed by atoms with Gasteiger partial charge in [-0.3, -0.25) is 0 Å².